The first-order valence-corrected chi connectivity index (χ1v) is 4.12. The van der Waals surface area contributed by atoms with Crippen molar-refractivity contribution in [3.8, 4) is 0 Å². The molecule has 0 spiro atoms. The summed E-state index contributed by atoms with van der Waals surface area (Å²) in [6, 6.07) is -1.75. The van der Waals surface area contributed by atoms with Crippen LogP contribution in [0.1, 0.15) is 20.3 Å². The summed E-state index contributed by atoms with van der Waals surface area (Å²) >= 11 is 0. The van der Waals surface area contributed by atoms with Crippen LogP contribution in [0.2, 0.25) is 0 Å². The lowest BCUT2D eigenvalue weighted by molar-refractivity contribution is -0.140. The third-order valence-electron chi connectivity index (χ3n) is 1.60. The zero-order chi connectivity index (χ0) is 11.3. The van der Waals surface area contributed by atoms with Gasteiger partial charge in [-0.1, -0.05) is 0 Å². The number of nitrogens with one attached hydrogen (secondary N) is 1. The average Bonchev–Trinajstić information content (AvgIpc) is 2.01. The highest BCUT2D eigenvalue weighted by Gasteiger charge is 2.21. The van der Waals surface area contributed by atoms with Gasteiger partial charge >= 0.3 is 5.97 Å². The number of amides is 1. The molecule has 0 radical (unpaired) electrons. The number of carbonyl (C=O) groups excluding carboxylic acids is 2. The third-order valence-corrected chi connectivity index (χ3v) is 1.60. The number of aliphatic carboxylic acids is 1. The second-order valence-electron chi connectivity index (χ2n) is 3.06. The van der Waals surface area contributed by atoms with Crippen molar-refractivity contribution < 1.29 is 19.5 Å². The molecule has 0 fully saturated rings. The van der Waals surface area contributed by atoms with E-state index in [1.54, 1.807) is 0 Å². The van der Waals surface area contributed by atoms with Crippen LogP contribution in [0.3, 0.4) is 0 Å². The Hall–Kier alpha value is -1.43. The van der Waals surface area contributed by atoms with Crippen LogP contribution in [-0.2, 0) is 14.4 Å². The largest absolute Gasteiger partial charge is 0.481 e. The van der Waals surface area contributed by atoms with E-state index in [0.29, 0.717) is 0 Å². The van der Waals surface area contributed by atoms with E-state index in [1.807, 2.05) is 0 Å². The van der Waals surface area contributed by atoms with Gasteiger partial charge in [0.05, 0.1) is 18.5 Å². The van der Waals surface area contributed by atoms with Crippen molar-refractivity contribution in [1.29, 1.82) is 0 Å². The zero-order valence-corrected chi connectivity index (χ0v) is 8.11. The summed E-state index contributed by atoms with van der Waals surface area (Å²) < 4.78 is 0. The van der Waals surface area contributed by atoms with Crippen molar-refractivity contribution >= 4 is 17.7 Å². The summed E-state index contributed by atoms with van der Waals surface area (Å²) in [6.45, 7) is 2.67. The van der Waals surface area contributed by atoms with Gasteiger partial charge in [-0.2, -0.15) is 0 Å². The number of carboxylic acids is 1. The number of hydrogen-bond donors (Lipinski definition) is 3. The second kappa shape index (κ2) is 5.33. The van der Waals surface area contributed by atoms with Crippen LogP contribution >= 0.6 is 0 Å². The van der Waals surface area contributed by atoms with Gasteiger partial charge in [-0.3, -0.25) is 14.4 Å². The highest BCUT2D eigenvalue weighted by Crippen LogP contribution is 1.94. The number of ketones is 1. The molecule has 0 saturated heterocycles. The van der Waals surface area contributed by atoms with Crippen LogP contribution in [0.4, 0.5) is 0 Å². The second-order valence-corrected chi connectivity index (χ2v) is 3.06. The molecule has 80 valence electrons. The number of carbonyl (C=O) groups is 3. The quantitative estimate of drug-likeness (QED) is 0.523. The van der Waals surface area contributed by atoms with Crippen molar-refractivity contribution in [2.45, 2.75) is 32.4 Å². The fraction of sp³-hybridized carbons (Fsp3) is 0.625. The molecule has 14 heavy (non-hydrogen) atoms. The summed E-state index contributed by atoms with van der Waals surface area (Å²) in [7, 11) is 0. The lowest BCUT2D eigenvalue weighted by atomic mass is 10.1. The van der Waals surface area contributed by atoms with E-state index in [9.17, 15) is 14.4 Å². The molecule has 0 rings (SSSR count). The Morgan fingerprint density at radius 1 is 1.43 bits per heavy atom. The lowest BCUT2D eigenvalue weighted by Crippen LogP contribution is -2.47. The Morgan fingerprint density at radius 2 is 1.93 bits per heavy atom. The molecule has 0 aliphatic carbocycles. The zero-order valence-electron chi connectivity index (χ0n) is 8.11. The molecule has 0 aromatic heterocycles. The van der Waals surface area contributed by atoms with E-state index in [0.717, 1.165) is 0 Å². The number of hydrogen-bond acceptors (Lipinski definition) is 4. The van der Waals surface area contributed by atoms with E-state index < -0.39 is 36.2 Å². The Kier molecular flexibility index (Phi) is 4.79. The topological polar surface area (TPSA) is 109 Å². The van der Waals surface area contributed by atoms with Crippen LogP contribution in [0.5, 0.6) is 0 Å². The van der Waals surface area contributed by atoms with Crippen LogP contribution < -0.4 is 11.1 Å². The Labute approximate surface area is 81.5 Å². The van der Waals surface area contributed by atoms with E-state index in [2.05, 4.69) is 5.32 Å². The van der Waals surface area contributed by atoms with Crippen LogP contribution in [0.15, 0.2) is 0 Å². The van der Waals surface area contributed by atoms with Crippen molar-refractivity contribution in [2.24, 2.45) is 5.73 Å². The third kappa shape index (κ3) is 4.56. The molecule has 0 unspecified atom stereocenters. The average molecular weight is 202 g/mol. The van der Waals surface area contributed by atoms with Gasteiger partial charge in [0.25, 0.3) is 0 Å². The van der Waals surface area contributed by atoms with Gasteiger partial charge in [0.15, 0.2) is 5.78 Å². The maximum atomic E-state index is 11.1. The molecular formula is C8H14N2O4. The van der Waals surface area contributed by atoms with Crippen LogP contribution in [0, 0.1) is 0 Å². The molecule has 2 atom stereocenters. The predicted octanol–water partition coefficient (Wildman–Crippen LogP) is -1.12. The number of rotatable bonds is 5. The van der Waals surface area contributed by atoms with Gasteiger partial charge in [-0.15, -0.1) is 0 Å². The first-order chi connectivity index (χ1) is 6.34. The molecule has 0 heterocycles. The monoisotopic (exact) mass is 202 g/mol. The fourth-order valence-corrected chi connectivity index (χ4v) is 0.774. The van der Waals surface area contributed by atoms with Crippen LogP contribution in [0.25, 0.3) is 0 Å². The van der Waals surface area contributed by atoms with Gasteiger partial charge in [0, 0.05) is 0 Å². The fourth-order valence-electron chi connectivity index (χ4n) is 0.774. The van der Waals surface area contributed by atoms with E-state index in [4.69, 9.17) is 10.8 Å². The minimum Gasteiger partial charge on any atom is -0.481 e. The summed E-state index contributed by atoms with van der Waals surface area (Å²) in [5.41, 5.74) is 5.24. The summed E-state index contributed by atoms with van der Waals surface area (Å²) in [5.74, 6) is -2.08. The SMILES string of the molecule is CC(=O)[C@H](CC(=O)O)NC(=O)[C@H](C)N. The molecule has 0 aromatic carbocycles. The molecule has 6 heteroatoms. The molecule has 0 saturated carbocycles. The van der Waals surface area contributed by atoms with Crippen molar-refractivity contribution in [3.05, 3.63) is 0 Å². The summed E-state index contributed by atoms with van der Waals surface area (Å²) in [6.07, 6.45) is -0.423. The van der Waals surface area contributed by atoms with Crippen molar-refractivity contribution in [2.75, 3.05) is 0 Å². The molecule has 0 aromatic rings. The lowest BCUT2D eigenvalue weighted by Gasteiger charge is -2.15. The molecule has 6 nitrogen and oxygen atoms in total. The van der Waals surface area contributed by atoms with Gasteiger partial charge in [0.1, 0.15) is 0 Å². The minimum atomic E-state index is -1.14. The molecule has 1 amide bonds. The number of Topliss-reactive ketones (excluding diaryl/α,β-unsaturated/α-hetero) is 1. The maximum Gasteiger partial charge on any atom is 0.305 e. The molecule has 0 bridgehead atoms. The Morgan fingerprint density at radius 3 is 2.21 bits per heavy atom. The van der Waals surface area contributed by atoms with E-state index in [-0.39, 0.29) is 0 Å². The highest BCUT2D eigenvalue weighted by molar-refractivity contribution is 5.91. The first kappa shape index (κ1) is 12.6. The minimum absolute atomic E-state index is 0.401. The summed E-state index contributed by atoms with van der Waals surface area (Å²) in [4.78, 5) is 32.3. The van der Waals surface area contributed by atoms with Crippen LogP contribution in [-0.4, -0.2) is 34.8 Å². The molecule has 4 N–H and O–H groups in total. The number of nitrogens with two attached hydrogens (primary N) is 1. The highest BCUT2D eigenvalue weighted by atomic mass is 16.4. The number of carboxylic acid groups (broad SMARTS) is 1. The first-order valence-electron chi connectivity index (χ1n) is 4.12. The standard InChI is InChI=1S/C8H14N2O4/c1-4(9)8(14)10-6(5(2)11)3-7(12)13/h4,6H,3,9H2,1-2H3,(H,10,14)(H,12,13)/t4-,6-/m0/s1. The smallest absolute Gasteiger partial charge is 0.305 e. The summed E-state index contributed by atoms with van der Waals surface area (Å²) in [5, 5.41) is 10.7. The van der Waals surface area contributed by atoms with E-state index >= 15 is 0 Å². The Balaban J connectivity index is 4.31. The van der Waals surface area contributed by atoms with Gasteiger partial charge in [-0.25, -0.2) is 0 Å². The Bertz CT molecular complexity index is 250. The molecule has 0 aliphatic heterocycles. The predicted molar refractivity (Wildman–Crippen MR) is 48.5 cm³/mol. The van der Waals surface area contributed by atoms with Gasteiger partial charge in [0.2, 0.25) is 5.91 Å². The maximum absolute atomic E-state index is 11.1. The van der Waals surface area contributed by atoms with E-state index in [1.165, 1.54) is 13.8 Å². The van der Waals surface area contributed by atoms with Crippen molar-refractivity contribution in [1.82, 2.24) is 5.32 Å². The molecular weight excluding hydrogens is 188 g/mol. The van der Waals surface area contributed by atoms with Gasteiger partial charge in [-0.05, 0) is 13.8 Å². The normalized spacial score (nSPS) is 14.2. The van der Waals surface area contributed by atoms with Gasteiger partial charge < -0.3 is 16.2 Å². The molecule has 0 aliphatic rings. The van der Waals surface area contributed by atoms with Crippen molar-refractivity contribution in [3.63, 3.8) is 0 Å².